The maximum absolute atomic E-state index is 13.5. The van der Waals surface area contributed by atoms with Gasteiger partial charge < -0.3 is 38.6 Å². The third-order valence-electron chi connectivity index (χ3n) is 8.14. The van der Waals surface area contributed by atoms with Gasteiger partial charge in [-0.15, -0.1) is 0 Å². The fraction of sp³-hybridized carbons (Fsp3) is 0.667. The predicted molar refractivity (Wildman–Crippen MR) is 196 cm³/mol. The number of aromatic nitrogens is 1. The summed E-state index contributed by atoms with van der Waals surface area (Å²) in [7, 11) is 0. The Hall–Kier alpha value is -2.15. The van der Waals surface area contributed by atoms with Crippen molar-refractivity contribution in [2.24, 2.45) is 5.41 Å². The predicted octanol–water partition coefficient (Wildman–Crippen LogP) is 5.74. The Balaban J connectivity index is 1.59. The van der Waals surface area contributed by atoms with Crippen LogP contribution in [0.3, 0.4) is 0 Å². The van der Waals surface area contributed by atoms with Crippen LogP contribution in [-0.2, 0) is 58.9 Å². The smallest absolute Gasteiger partial charge is 0.319 e. The highest BCUT2D eigenvalue weighted by Crippen LogP contribution is 2.54. The highest BCUT2D eigenvalue weighted by molar-refractivity contribution is 9.10. The molecule has 18 heteroatoms. The molecule has 2 aliphatic heterocycles. The first kappa shape index (κ1) is 43.3. The first-order valence-corrected chi connectivity index (χ1v) is 20.2. The summed E-state index contributed by atoms with van der Waals surface area (Å²) >= 11 is 13.2. The largest absolute Gasteiger partial charge is 0.494 e. The molecule has 0 amide bonds. The number of hydrogen-bond donors (Lipinski definition) is 2. The second kappa shape index (κ2) is 20.3. The molecule has 2 bridgehead atoms. The summed E-state index contributed by atoms with van der Waals surface area (Å²) in [6.07, 6.45) is 5.06. The lowest BCUT2D eigenvalue weighted by molar-refractivity contribution is -0.170. The highest BCUT2D eigenvalue weighted by Gasteiger charge is 2.43. The van der Waals surface area contributed by atoms with Crippen LogP contribution in [0, 0.1) is 5.41 Å². The molecule has 2 aliphatic rings. The number of esters is 5. The fourth-order valence-corrected chi connectivity index (χ4v) is 7.10. The van der Waals surface area contributed by atoms with Crippen LogP contribution in [-0.4, -0.2) is 97.0 Å². The molecule has 6 unspecified atom stereocenters. The highest BCUT2D eigenvalue weighted by atomic mass is 79.9. The van der Waals surface area contributed by atoms with Crippen molar-refractivity contribution in [3.05, 3.63) is 23.3 Å². The molecular weight excluding hydrogens is 938 g/mol. The minimum atomic E-state index is -1.64. The summed E-state index contributed by atoms with van der Waals surface area (Å²) in [5, 5.41) is 21.5. The normalized spacial score (nSPS) is 19.3. The summed E-state index contributed by atoms with van der Waals surface area (Å²) in [5.41, 5.74) is -0.715. The number of hydrogen-bond acceptors (Lipinski definition) is 13. The van der Waals surface area contributed by atoms with Gasteiger partial charge in [0.25, 0.3) is 0 Å². The van der Waals surface area contributed by atoms with Gasteiger partial charge in [0.1, 0.15) is 56.8 Å². The number of fused-ring (bicyclic) bond motifs is 5. The van der Waals surface area contributed by atoms with Crippen molar-refractivity contribution in [2.45, 2.75) is 97.4 Å². The van der Waals surface area contributed by atoms with Gasteiger partial charge in [-0.3, -0.25) is 28.5 Å². The molecule has 0 saturated carbocycles. The van der Waals surface area contributed by atoms with Crippen molar-refractivity contribution >= 4 is 93.6 Å². The number of aromatic hydroxyl groups is 2. The molecule has 0 aromatic carbocycles. The van der Waals surface area contributed by atoms with E-state index in [0.717, 1.165) is 0 Å². The van der Waals surface area contributed by atoms with Crippen LogP contribution in [0.1, 0.15) is 82.6 Å². The van der Waals surface area contributed by atoms with Gasteiger partial charge >= 0.3 is 29.8 Å². The summed E-state index contributed by atoms with van der Waals surface area (Å²) in [6, 6.07) is 0. The van der Waals surface area contributed by atoms with Gasteiger partial charge in [-0.2, -0.15) is 0 Å². The maximum atomic E-state index is 13.5. The molecule has 286 valence electrons. The number of rotatable bonds is 22. The van der Waals surface area contributed by atoms with Crippen LogP contribution in [0.5, 0.6) is 11.8 Å². The van der Waals surface area contributed by atoms with E-state index in [-0.39, 0.29) is 38.1 Å². The average Bonchev–Trinajstić information content (AvgIpc) is 3.79. The second-order valence-electron chi connectivity index (χ2n) is 12.1. The van der Waals surface area contributed by atoms with E-state index < -0.39 is 80.0 Å². The topological polar surface area (TPSA) is 186 Å². The van der Waals surface area contributed by atoms with Crippen LogP contribution in [0.25, 0.3) is 0 Å². The fourth-order valence-electron chi connectivity index (χ4n) is 5.28. The van der Waals surface area contributed by atoms with Gasteiger partial charge in [-0.1, -0.05) is 88.7 Å². The number of alkyl halides is 4. The molecule has 3 rings (SSSR count). The standard InChI is InChI=1S/C33H43Br4NO13/c1-4-46-28(41)18(34)8-6-10-20(36)30(43)49-16-33(3,17-50-31(44)21(37)11-7-9-19(35)29(42)47-5-2)32(45)48-15-14-38-26(39)24-22-12-13-23(51-22)25(24)27(38)40/h12-13,18-23,39-40H,4-11,14-17H2,1-3H3. The third-order valence-corrected chi connectivity index (χ3v) is 11.5. The van der Waals surface area contributed by atoms with Crippen LogP contribution in [0.2, 0.25) is 0 Å². The number of carbonyl (C=O) groups is 5. The maximum Gasteiger partial charge on any atom is 0.319 e. The molecule has 6 atom stereocenters. The summed E-state index contributed by atoms with van der Waals surface area (Å²) < 4.78 is 33.3. The Bertz CT molecular complexity index is 1350. The molecule has 0 radical (unpaired) electrons. The quantitative estimate of drug-likeness (QED) is 0.0621. The summed E-state index contributed by atoms with van der Waals surface area (Å²) in [4.78, 5) is 60.4. The number of nitrogens with zero attached hydrogens (tertiary/aromatic N) is 1. The Morgan fingerprint density at radius 3 is 1.45 bits per heavy atom. The van der Waals surface area contributed by atoms with E-state index in [1.54, 1.807) is 26.0 Å². The number of halogens is 4. The molecule has 0 spiro atoms. The molecule has 3 heterocycles. The van der Waals surface area contributed by atoms with E-state index in [1.165, 1.54) is 11.5 Å². The van der Waals surface area contributed by atoms with Gasteiger partial charge in [-0.25, -0.2) is 0 Å². The lowest BCUT2D eigenvalue weighted by atomic mass is 9.93. The van der Waals surface area contributed by atoms with Crippen molar-refractivity contribution in [2.75, 3.05) is 33.0 Å². The minimum absolute atomic E-state index is 0.0980. The number of ether oxygens (including phenoxy) is 6. The van der Waals surface area contributed by atoms with Crippen molar-refractivity contribution in [3.8, 4) is 11.8 Å². The summed E-state index contributed by atoms with van der Waals surface area (Å²) in [6.45, 7) is 3.97. The van der Waals surface area contributed by atoms with Gasteiger partial charge in [0.2, 0.25) is 11.8 Å². The Labute approximate surface area is 329 Å². The van der Waals surface area contributed by atoms with Crippen LogP contribution >= 0.6 is 63.7 Å². The summed E-state index contributed by atoms with van der Waals surface area (Å²) in [5.74, 6) is -3.38. The van der Waals surface area contributed by atoms with Crippen molar-refractivity contribution in [1.29, 1.82) is 0 Å². The van der Waals surface area contributed by atoms with Crippen molar-refractivity contribution < 1.29 is 62.6 Å². The van der Waals surface area contributed by atoms with Crippen molar-refractivity contribution in [3.63, 3.8) is 0 Å². The van der Waals surface area contributed by atoms with Gasteiger partial charge in [0, 0.05) is 0 Å². The van der Waals surface area contributed by atoms with E-state index in [4.69, 9.17) is 28.4 Å². The zero-order valence-corrected chi connectivity index (χ0v) is 34.8. The molecule has 0 saturated heterocycles. The zero-order valence-electron chi connectivity index (χ0n) is 28.4. The third kappa shape index (κ3) is 11.7. The zero-order chi connectivity index (χ0) is 37.9. The Morgan fingerprint density at radius 2 is 1.08 bits per heavy atom. The molecule has 51 heavy (non-hydrogen) atoms. The Kier molecular flexibility index (Phi) is 17.3. The SMILES string of the molecule is CCOC(=O)C(Br)CCCC(Br)C(=O)OCC(C)(COC(=O)C(Br)CCCC(Br)C(=O)OCC)C(=O)OCCn1c(O)c2c(c1O)C1C=CC2O1. The van der Waals surface area contributed by atoms with E-state index in [2.05, 4.69) is 63.7 Å². The first-order chi connectivity index (χ1) is 24.1. The van der Waals surface area contributed by atoms with Gasteiger partial charge in [0.15, 0.2) is 0 Å². The molecule has 1 aromatic heterocycles. The molecule has 1 aromatic rings. The van der Waals surface area contributed by atoms with E-state index in [9.17, 15) is 34.2 Å². The van der Waals surface area contributed by atoms with Gasteiger partial charge in [-0.05, 0) is 46.5 Å². The molecule has 0 fully saturated rings. The van der Waals surface area contributed by atoms with Crippen molar-refractivity contribution in [1.82, 2.24) is 4.57 Å². The van der Waals surface area contributed by atoms with E-state index in [0.29, 0.717) is 49.7 Å². The molecular formula is C33H43Br4NO13. The monoisotopic (exact) mass is 977 g/mol. The number of carbonyl (C=O) groups excluding carboxylic acids is 5. The van der Waals surface area contributed by atoms with Crippen LogP contribution in [0.4, 0.5) is 0 Å². The lowest BCUT2D eigenvalue weighted by Gasteiger charge is -2.27. The molecule has 14 nitrogen and oxygen atoms in total. The Morgan fingerprint density at radius 1 is 0.706 bits per heavy atom. The van der Waals surface area contributed by atoms with Crippen LogP contribution < -0.4 is 0 Å². The second-order valence-corrected chi connectivity index (χ2v) is 16.6. The molecule has 0 aliphatic carbocycles. The van der Waals surface area contributed by atoms with Gasteiger partial charge in [0.05, 0.1) is 30.9 Å². The minimum Gasteiger partial charge on any atom is -0.494 e. The van der Waals surface area contributed by atoms with E-state index in [1.807, 2.05) is 0 Å². The van der Waals surface area contributed by atoms with E-state index >= 15 is 0 Å². The molecule has 2 N–H and O–H groups in total. The first-order valence-electron chi connectivity index (χ1n) is 16.5. The average molecular weight is 981 g/mol. The van der Waals surface area contributed by atoms with Crippen LogP contribution in [0.15, 0.2) is 12.2 Å². The lowest BCUT2D eigenvalue weighted by Crippen LogP contribution is -2.42.